The van der Waals surface area contributed by atoms with Gasteiger partial charge in [0.15, 0.2) is 0 Å². The van der Waals surface area contributed by atoms with Gasteiger partial charge in [0, 0.05) is 49.6 Å². The molecule has 1 radical (unpaired) electrons. The molecule has 1 aliphatic rings. The van der Waals surface area contributed by atoms with Crippen LogP contribution >= 0.6 is 11.6 Å². The van der Waals surface area contributed by atoms with Gasteiger partial charge in [0.2, 0.25) is 5.95 Å². The zero-order chi connectivity index (χ0) is 16.6. The van der Waals surface area contributed by atoms with E-state index in [2.05, 4.69) is 30.8 Å². The topological polar surface area (TPSA) is 67.2 Å². The first-order chi connectivity index (χ1) is 11.8. The summed E-state index contributed by atoms with van der Waals surface area (Å²) in [5.74, 6) is 1.38. The van der Waals surface area contributed by atoms with Gasteiger partial charge in [-0.2, -0.15) is 4.98 Å². The Kier molecular flexibility index (Phi) is 6.23. The van der Waals surface area contributed by atoms with E-state index in [0.29, 0.717) is 11.0 Å². The number of rotatable bonds is 7. The average Bonchev–Trinajstić information content (AvgIpc) is 2.60. The van der Waals surface area contributed by atoms with Crippen LogP contribution in [0.1, 0.15) is 6.42 Å². The summed E-state index contributed by atoms with van der Waals surface area (Å²) in [6.45, 7) is 6.10. The number of nitrogens with zero attached hydrogens (tertiary/aromatic N) is 4. The summed E-state index contributed by atoms with van der Waals surface area (Å²) in [6.07, 6.45) is 2.83. The molecule has 2 aromatic rings. The fourth-order valence-electron chi connectivity index (χ4n) is 2.60. The Morgan fingerprint density at radius 1 is 1.17 bits per heavy atom. The maximum absolute atomic E-state index is 5.99. The smallest absolute Gasteiger partial charge is 0.229 e. The molecule has 1 saturated heterocycles. The highest BCUT2D eigenvalue weighted by atomic mass is 35.5. The molecule has 7 heteroatoms. The van der Waals surface area contributed by atoms with Crippen LogP contribution in [0.2, 0.25) is 5.02 Å². The zero-order valence-electron chi connectivity index (χ0n) is 13.6. The quantitative estimate of drug-likeness (QED) is 0.755. The second-order valence-electron chi connectivity index (χ2n) is 5.69. The molecule has 0 saturated carbocycles. The van der Waals surface area contributed by atoms with Crippen molar-refractivity contribution in [3.05, 3.63) is 41.6 Å². The molecule has 1 aromatic heterocycles. The molecule has 1 fully saturated rings. The van der Waals surface area contributed by atoms with Crippen molar-refractivity contribution in [3.8, 4) is 0 Å². The number of benzene rings is 1. The van der Waals surface area contributed by atoms with Crippen LogP contribution in [0.4, 0.5) is 17.5 Å². The van der Waals surface area contributed by atoms with Crippen LogP contribution in [0.25, 0.3) is 0 Å². The summed E-state index contributed by atoms with van der Waals surface area (Å²) in [5.41, 5.74) is 0.871. The Morgan fingerprint density at radius 2 is 2.04 bits per heavy atom. The van der Waals surface area contributed by atoms with Crippen LogP contribution < -0.4 is 16.0 Å². The molecule has 0 amide bonds. The van der Waals surface area contributed by atoms with Gasteiger partial charge in [-0.15, -0.1) is 0 Å². The predicted octanol–water partition coefficient (Wildman–Crippen LogP) is 2.60. The number of piperazine rings is 1. The summed E-state index contributed by atoms with van der Waals surface area (Å²) < 4.78 is 0. The predicted molar refractivity (Wildman–Crippen MR) is 98.2 cm³/mol. The highest BCUT2D eigenvalue weighted by Gasteiger charge is 2.09. The molecule has 127 valence electrons. The van der Waals surface area contributed by atoms with Crippen molar-refractivity contribution in [2.75, 3.05) is 49.9 Å². The first-order valence-corrected chi connectivity index (χ1v) is 8.62. The summed E-state index contributed by atoms with van der Waals surface area (Å²) in [7, 11) is 0. The van der Waals surface area contributed by atoms with Crippen LogP contribution in [0.5, 0.6) is 0 Å². The fourth-order valence-corrected chi connectivity index (χ4v) is 2.79. The van der Waals surface area contributed by atoms with E-state index in [-0.39, 0.29) is 0 Å². The zero-order valence-corrected chi connectivity index (χ0v) is 14.3. The second kappa shape index (κ2) is 8.82. The summed E-state index contributed by atoms with van der Waals surface area (Å²) in [4.78, 5) is 11.2. The lowest BCUT2D eigenvalue weighted by atomic mass is 10.3. The molecule has 1 aromatic carbocycles. The van der Waals surface area contributed by atoms with E-state index in [4.69, 9.17) is 11.6 Å². The third kappa shape index (κ3) is 5.33. The van der Waals surface area contributed by atoms with Gasteiger partial charge in [-0.3, -0.25) is 0 Å². The van der Waals surface area contributed by atoms with E-state index >= 15 is 0 Å². The number of nitrogens with one attached hydrogen (secondary N) is 2. The second-order valence-corrected chi connectivity index (χ2v) is 6.13. The molecule has 1 aliphatic heterocycles. The molecule has 0 bridgehead atoms. The van der Waals surface area contributed by atoms with Crippen LogP contribution in [-0.2, 0) is 0 Å². The Labute approximate surface area is 147 Å². The first-order valence-electron chi connectivity index (χ1n) is 8.25. The summed E-state index contributed by atoms with van der Waals surface area (Å²) >= 11 is 5.99. The van der Waals surface area contributed by atoms with Crippen LogP contribution in [0.15, 0.2) is 36.5 Å². The largest absolute Gasteiger partial charge is 0.370 e. The van der Waals surface area contributed by atoms with E-state index in [1.165, 1.54) is 0 Å². The van der Waals surface area contributed by atoms with E-state index in [0.717, 1.165) is 57.2 Å². The number of anilines is 3. The molecule has 0 unspecified atom stereocenters. The third-order valence-electron chi connectivity index (χ3n) is 3.84. The maximum atomic E-state index is 5.99. The highest BCUT2D eigenvalue weighted by Crippen LogP contribution is 2.18. The lowest BCUT2D eigenvalue weighted by Crippen LogP contribution is -2.40. The molecule has 2 N–H and O–H groups in total. The van der Waals surface area contributed by atoms with E-state index in [1.807, 2.05) is 30.3 Å². The molecule has 6 nitrogen and oxygen atoms in total. The summed E-state index contributed by atoms with van der Waals surface area (Å²) in [6, 6.07) is 9.38. The van der Waals surface area contributed by atoms with Crippen molar-refractivity contribution in [1.82, 2.24) is 20.2 Å². The molecule has 2 heterocycles. The van der Waals surface area contributed by atoms with Gasteiger partial charge in [-0.1, -0.05) is 17.7 Å². The Morgan fingerprint density at radius 3 is 2.88 bits per heavy atom. The SMILES string of the molecule is Clc1cccc(Nc2nccc(NCCCN3CC[N]CC3)n2)c1. The molecule has 0 atom stereocenters. The van der Waals surface area contributed by atoms with Crippen molar-refractivity contribution in [2.24, 2.45) is 0 Å². The standard InChI is InChI=1S/C17H22ClN6/c18-14-3-1-4-15(13-14)22-17-21-7-5-16(23-17)20-6-2-10-24-11-8-19-9-12-24/h1,3-5,7,13H,2,6,8-12H2,(H2,20,21,22,23). The number of hydrogen-bond acceptors (Lipinski definition) is 5. The first kappa shape index (κ1) is 17.0. The van der Waals surface area contributed by atoms with E-state index in [1.54, 1.807) is 6.20 Å². The molecular weight excluding hydrogens is 324 g/mol. The van der Waals surface area contributed by atoms with Gasteiger partial charge in [-0.25, -0.2) is 10.3 Å². The van der Waals surface area contributed by atoms with Gasteiger partial charge < -0.3 is 15.5 Å². The fraction of sp³-hybridized carbons (Fsp3) is 0.412. The van der Waals surface area contributed by atoms with Crippen molar-refractivity contribution in [2.45, 2.75) is 6.42 Å². The lowest BCUT2D eigenvalue weighted by molar-refractivity contribution is 0.238. The van der Waals surface area contributed by atoms with Gasteiger partial charge in [0.1, 0.15) is 5.82 Å². The minimum Gasteiger partial charge on any atom is -0.370 e. The van der Waals surface area contributed by atoms with Crippen LogP contribution in [-0.4, -0.2) is 54.1 Å². The third-order valence-corrected chi connectivity index (χ3v) is 4.08. The Balaban J connectivity index is 1.46. The van der Waals surface area contributed by atoms with Gasteiger partial charge >= 0.3 is 0 Å². The van der Waals surface area contributed by atoms with Crippen molar-refractivity contribution < 1.29 is 0 Å². The number of hydrogen-bond donors (Lipinski definition) is 2. The molecule has 0 spiro atoms. The average molecular weight is 346 g/mol. The van der Waals surface area contributed by atoms with E-state index < -0.39 is 0 Å². The molecule has 0 aliphatic carbocycles. The van der Waals surface area contributed by atoms with Gasteiger partial charge in [-0.05, 0) is 37.2 Å². The highest BCUT2D eigenvalue weighted by molar-refractivity contribution is 6.30. The molecule has 3 rings (SSSR count). The van der Waals surface area contributed by atoms with Crippen molar-refractivity contribution in [1.29, 1.82) is 0 Å². The Hall–Kier alpha value is -1.89. The number of halogens is 1. The number of aromatic nitrogens is 2. The van der Waals surface area contributed by atoms with Crippen LogP contribution in [0.3, 0.4) is 0 Å². The van der Waals surface area contributed by atoms with E-state index in [9.17, 15) is 0 Å². The van der Waals surface area contributed by atoms with Gasteiger partial charge in [0.25, 0.3) is 0 Å². The summed E-state index contributed by atoms with van der Waals surface area (Å²) in [5, 5.41) is 11.6. The monoisotopic (exact) mass is 345 g/mol. The minimum absolute atomic E-state index is 0.555. The lowest BCUT2D eigenvalue weighted by Gasteiger charge is -2.26. The Bertz CT molecular complexity index is 644. The molecule has 24 heavy (non-hydrogen) atoms. The van der Waals surface area contributed by atoms with Gasteiger partial charge in [0.05, 0.1) is 0 Å². The minimum atomic E-state index is 0.555. The normalized spacial score (nSPS) is 15.2. The van der Waals surface area contributed by atoms with Crippen molar-refractivity contribution >= 4 is 29.1 Å². The molecular formula is C17H22ClN6. The van der Waals surface area contributed by atoms with Crippen LogP contribution in [0, 0.1) is 0 Å². The maximum Gasteiger partial charge on any atom is 0.229 e. The van der Waals surface area contributed by atoms with Crippen molar-refractivity contribution in [3.63, 3.8) is 0 Å².